The summed E-state index contributed by atoms with van der Waals surface area (Å²) < 4.78 is 20.2. The molecule has 0 atom stereocenters. The summed E-state index contributed by atoms with van der Waals surface area (Å²) in [5.74, 6) is -0.176. The molecule has 3 rings (SSSR count). The van der Waals surface area contributed by atoms with Gasteiger partial charge in [0, 0.05) is 18.0 Å². The molecular weight excluding hydrogens is 233 g/mol. The number of ether oxygens (including phenoxy) is 1. The van der Waals surface area contributed by atoms with E-state index in [4.69, 9.17) is 4.74 Å². The number of hydrogen-bond acceptors (Lipinski definition) is 3. The third-order valence-electron chi connectivity index (χ3n) is 2.70. The van der Waals surface area contributed by atoms with Gasteiger partial charge in [-0.05, 0) is 30.3 Å². The highest BCUT2D eigenvalue weighted by atomic mass is 19.1. The van der Waals surface area contributed by atoms with Gasteiger partial charge < -0.3 is 4.74 Å². The Morgan fingerprint density at radius 3 is 2.89 bits per heavy atom. The molecular formula is C13H10FN3O. The first kappa shape index (κ1) is 10.7. The minimum atomic E-state index is -0.400. The molecule has 2 heterocycles. The summed E-state index contributed by atoms with van der Waals surface area (Å²) in [5.41, 5.74) is 2.14. The minimum Gasteiger partial charge on any atom is -0.494 e. The molecule has 0 radical (unpaired) electrons. The summed E-state index contributed by atoms with van der Waals surface area (Å²) in [6.07, 6.45) is 3.42. The maximum Gasteiger partial charge on any atom is 0.165 e. The lowest BCUT2D eigenvalue weighted by atomic mass is 10.1. The molecule has 0 aliphatic heterocycles. The van der Waals surface area contributed by atoms with Crippen molar-refractivity contribution < 1.29 is 9.13 Å². The predicted octanol–water partition coefficient (Wildman–Crippen LogP) is 2.54. The highest BCUT2D eigenvalue weighted by Gasteiger charge is 2.07. The van der Waals surface area contributed by atoms with Gasteiger partial charge in [-0.3, -0.25) is 0 Å². The molecule has 0 aliphatic rings. The number of methoxy groups -OCH3 is 1. The van der Waals surface area contributed by atoms with Crippen molar-refractivity contribution in [3.8, 4) is 17.0 Å². The molecule has 0 aliphatic carbocycles. The average molecular weight is 243 g/mol. The molecule has 0 saturated heterocycles. The second kappa shape index (κ2) is 4.10. The molecule has 0 fully saturated rings. The second-order valence-corrected chi connectivity index (χ2v) is 3.80. The molecule has 0 N–H and O–H groups in total. The van der Waals surface area contributed by atoms with E-state index >= 15 is 0 Å². The number of benzene rings is 1. The van der Waals surface area contributed by atoms with Crippen molar-refractivity contribution in [1.29, 1.82) is 0 Å². The van der Waals surface area contributed by atoms with Gasteiger partial charge in [0.1, 0.15) is 0 Å². The third kappa shape index (κ3) is 1.69. The average Bonchev–Trinajstić information content (AvgIpc) is 2.85. The van der Waals surface area contributed by atoms with Crippen LogP contribution in [0, 0.1) is 5.82 Å². The summed E-state index contributed by atoms with van der Waals surface area (Å²) >= 11 is 0. The van der Waals surface area contributed by atoms with Gasteiger partial charge in [0.05, 0.1) is 12.8 Å². The fourth-order valence-electron chi connectivity index (χ4n) is 1.79. The Kier molecular flexibility index (Phi) is 2.44. The second-order valence-electron chi connectivity index (χ2n) is 3.80. The van der Waals surface area contributed by atoms with Crippen LogP contribution in [0.3, 0.4) is 0 Å². The highest BCUT2D eigenvalue weighted by molar-refractivity contribution is 5.61. The Hall–Kier alpha value is -2.43. The molecule has 0 bridgehead atoms. The van der Waals surface area contributed by atoms with E-state index in [2.05, 4.69) is 10.1 Å². The lowest BCUT2D eigenvalue weighted by Crippen LogP contribution is -1.94. The van der Waals surface area contributed by atoms with Crippen molar-refractivity contribution in [2.24, 2.45) is 0 Å². The fourth-order valence-corrected chi connectivity index (χ4v) is 1.79. The first-order valence-electron chi connectivity index (χ1n) is 5.42. The minimum absolute atomic E-state index is 0.224. The number of imidazole rings is 1. The molecule has 0 amide bonds. The number of rotatable bonds is 2. The molecule has 90 valence electrons. The molecule has 5 heteroatoms. The standard InChI is InChI=1S/C13H10FN3O/c1-18-12-4-2-9(8-10(12)14)11-3-5-13-15-6-7-17(13)16-11/h2-8H,1H3. The van der Waals surface area contributed by atoms with Gasteiger partial charge in [-0.25, -0.2) is 13.9 Å². The fraction of sp³-hybridized carbons (Fsp3) is 0.0769. The Morgan fingerprint density at radius 2 is 2.11 bits per heavy atom. The smallest absolute Gasteiger partial charge is 0.165 e. The van der Waals surface area contributed by atoms with E-state index in [0.717, 1.165) is 5.65 Å². The van der Waals surface area contributed by atoms with Gasteiger partial charge in [-0.15, -0.1) is 0 Å². The van der Waals surface area contributed by atoms with E-state index in [1.807, 2.05) is 12.1 Å². The lowest BCUT2D eigenvalue weighted by Gasteiger charge is -2.05. The molecule has 3 aromatic rings. The van der Waals surface area contributed by atoms with E-state index in [-0.39, 0.29) is 5.75 Å². The SMILES string of the molecule is COc1ccc(-c2ccc3nccn3n2)cc1F. The number of hydrogen-bond donors (Lipinski definition) is 0. The number of fused-ring (bicyclic) bond motifs is 1. The Morgan fingerprint density at radius 1 is 1.22 bits per heavy atom. The van der Waals surface area contributed by atoms with Crippen molar-refractivity contribution in [1.82, 2.24) is 14.6 Å². The van der Waals surface area contributed by atoms with E-state index < -0.39 is 5.82 Å². The van der Waals surface area contributed by atoms with Crippen molar-refractivity contribution in [2.75, 3.05) is 7.11 Å². The molecule has 4 nitrogen and oxygen atoms in total. The van der Waals surface area contributed by atoms with Crippen LogP contribution in [0.2, 0.25) is 0 Å². The van der Waals surface area contributed by atoms with Crippen molar-refractivity contribution in [3.05, 3.63) is 48.5 Å². The normalized spacial score (nSPS) is 10.8. The van der Waals surface area contributed by atoms with Crippen molar-refractivity contribution >= 4 is 5.65 Å². The van der Waals surface area contributed by atoms with Gasteiger partial charge in [0.2, 0.25) is 0 Å². The quantitative estimate of drug-likeness (QED) is 0.694. The van der Waals surface area contributed by atoms with Gasteiger partial charge in [0.25, 0.3) is 0 Å². The van der Waals surface area contributed by atoms with Crippen LogP contribution in [-0.4, -0.2) is 21.7 Å². The van der Waals surface area contributed by atoms with Crippen LogP contribution in [0.4, 0.5) is 4.39 Å². The van der Waals surface area contributed by atoms with E-state index in [9.17, 15) is 4.39 Å². The van der Waals surface area contributed by atoms with Crippen molar-refractivity contribution in [2.45, 2.75) is 0 Å². The number of halogens is 1. The third-order valence-corrected chi connectivity index (χ3v) is 2.70. The van der Waals surface area contributed by atoms with E-state index in [1.54, 1.807) is 29.0 Å². The summed E-state index contributed by atoms with van der Waals surface area (Å²) in [6.45, 7) is 0. The van der Waals surface area contributed by atoms with Crippen LogP contribution >= 0.6 is 0 Å². The zero-order valence-electron chi connectivity index (χ0n) is 9.67. The molecule has 0 saturated carbocycles. The van der Waals surface area contributed by atoms with Gasteiger partial charge in [-0.1, -0.05) is 0 Å². The van der Waals surface area contributed by atoms with Crippen molar-refractivity contribution in [3.63, 3.8) is 0 Å². The van der Waals surface area contributed by atoms with Gasteiger partial charge in [-0.2, -0.15) is 5.10 Å². The Balaban J connectivity index is 2.10. The van der Waals surface area contributed by atoms with Crippen LogP contribution in [-0.2, 0) is 0 Å². The summed E-state index contributed by atoms with van der Waals surface area (Å²) in [6, 6.07) is 8.41. The molecule has 0 unspecified atom stereocenters. The molecule has 1 aromatic carbocycles. The van der Waals surface area contributed by atoms with E-state index in [0.29, 0.717) is 11.3 Å². The zero-order valence-corrected chi connectivity index (χ0v) is 9.67. The van der Waals surface area contributed by atoms with Crippen LogP contribution in [0.5, 0.6) is 5.75 Å². The van der Waals surface area contributed by atoms with Crippen LogP contribution in [0.15, 0.2) is 42.7 Å². The van der Waals surface area contributed by atoms with Crippen LogP contribution < -0.4 is 4.74 Å². The maximum atomic E-state index is 13.6. The molecule has 2 aromatic heterocycles. The molecule has 0 spiro atoms. The summed E-state index contributed by atoms with van der Waals surface area (Å²) in [7, 11) is 1.44. The maximum absolute atomic E-state index is 13.6. The van der Waals surface area contributed by atoms with Crippen LogP contribution in [0.25, 0.3) is 16.9 Å². The lowest BCUT2D eigenvalue weighted by molar-refractivity contribution is 0.386. The topological polar surface area (TPSA) is 39.4 Å². The Bertz CT molecular complexity index is 708. The van der Waals surface area contributed by atoms with Gasteiger partial charge >= 0.3 is 0 Å². The van der Waals surface area contributed by atoms with E-state index in [1.165, 1.54) is 13.2 Å². The zero-order chi connectivity index (χ0) is 12.5. The van der Waals surface area contributed by atoms with Gasteiger partial charge in [0.15, 0.2) is 17.2 Å². The highest BCUT2D eigenvalue weighted by Crippen LogP contribution is 2.24. The predicted molar refractivity (Wildman–Crippen MR) is 64.9 cm³/mol. The monoisotopic (exact) mass is 243 g/mol. The largest absolute Gasteiger partial charge is 0.494 e. The number of nitrogens with zero attached hydrogens (tertiary/aromatic N) is 3. The summed E-state index contributed by atoms with van der Waals surface area (Å²) in [4.78, 5) is 4.10. The molecule has 18 heavy (non-hydrogen) atoms. The Labute approximate surface area is 103 Å². The van der Waals surface area contributed by atoms with Crippen LogP contribution in [0.1, 0.15) is 0 Å². The first-order valence-corrected chi connectivity index (χ1v) is 5.42. The number of aromatic nitrogens is 3. The first-order chi connectivity index (χ1) is 8.78. The summed E-state index contributed by atoms with van der Waals surface area (Å²) in [5, 5.41) is 4.35.